The number of anilines is 1. The SMILES string of the molecule is CCc1ccc(CSc2cc(Br)ccc2N)cc1. The number of thioether (sulfide) groups is 1. The van der Waals surface area contributed by atoms with E-state index in [1.807, 2.05) is 12.1 Å². The predicted octanol–water partition coefficient (Wildman–Crippen LogP) is 4.89. The Kier molecular flexibility index (Phi) is 4.72. The van der Waals surface area contributed by atoms with Gasteiger partial charge in [0.1, 0.15) is 0 Å². The molecule has 0 aliphatic rings. The zero-order valence-electron chi connectivity index (χ0n) is 10.3. The molecule has 0 heterocycles. The summed E-state index contributed by atoms with van der Waals surface area (Å²) in [5, 5.41) is 0. The van der Waals surface area contributed by atoms with Crippen LogP contribution in [0.15, 0.2) is 51.8 Å². The minimum atomic E-state index is 0.841. The van der Waals surface area contributed by atoms with Gasteiger partial charge in [-0.05, 0) is 35.7 Å². The van der Waals surface area contributed by atoms with E-state index in [0.717, 1.165) is 27.2 Å². The maximum Gasteiger partial charge on any atom is 0.0453 e. The van der Waals surface area contributed by atoms with Crippen molar-refractivity contribution in [2.75, 3.05) is 5.73 Å². The third kappa shape index (κ3) is 3.53. The highest BCUT2D eigenvalue weighted by Gasteiger charge is 2.02. The van der Waals surface area contributed by atoms with Crippen LogP contribution in [0.3, 0.4) is 0 Å². The van der Waals surface area contributed by atoms with Gasteiger partial charge in [-0.1, -0.05) is 47.1 Å². The first-order valence-electron chi connectivity index (χ1n) is 5.94. The van der Waals surface area contributed by atoms with E-state index in [-0.39, 0.29) is 0 Å². The summed E-state index contributed by atoms with van der Waals surface area (Å²) in [5.41, 5.74) is 9.51. The van der Waals surface area contributed by atoms with Crippen LogP contribution in [0.1, 0.15) is 18.1 Å². The first-order valence-corrected chi connectivity index (χ1v) is 7.72. The fourth-order valence-electron chi connectivity index (χ4n) is 1.67. The van der Waals surface area contributed by atoms with E-state index in [0.29, 0.717) is 0 Å². The molecular formula is C15H16BrNS. The van der Waals surface area contributed by atoms with Gasteiger partial charge in [0.15, 0.2) is 0 Å². The summed E-state index contributed by atoms with van der Waals surface area (Å²) < 4.78 is 1.07. The van der Waals surface area contributed by atoms with E-state index >= 15 is 0 Å². The second-order valence-corrected chi connectivity index (χ2v) is 6.07. The van der Waals surface area contributed by atoms with Gasteiger partial charge in [0, 0.05) is 20.8 Å². The Labute approximate surface area is 121 Å². The van der Waals surface area contributed by atoms with Gasteiger partial charge in [0.2, 0.25) is 0 Å². The lowest BCUT2D eigenvalue weighted by Gasteiger charge is -2.06. The predicted molar refractivity (Wildman–Crippen MR) is 83.9 cm³/mol. The Morgan fingerprint density at radius 1 is 1.06 bits per heavy atom. The molecule has 2 N–H and O–H groups in total. The van der Waals surface area contributed by atoms with Crippen LogP contribution in [0.2, 0.25) is 0 Å². The molecule has 2 aromatic rings. The first-order chi connectivity index (χ1) is 8.69. The Hall–Kier alpha value is -0.930. The van der Waals surface area contributed by atoms with Crippen LogP contribution in [0.4, 0.5) is 5.69 Å². The van der Waals surface area contributed by atoms with Gasteiger partial charge in [0.05, 0.1) is 0 Å². The maximum absolute atomic E-state index is 5.96. The molecule has 0 bridgehead atoms. The van der Waals surface area contributed by atoms with Crippen molar-refractivity contribution in [3.8, 4) is 0 Å². The van der Waals surface area contributed by atoms with Gasteiger partial charge in [-0.3, -0.25) is 0 Å². The van der Waals surface area contributed by atoms with E-state index < -0.39 is 0 Å². The smallest absolute Gasteiger partial charge is 0.0453 e. The molecule has 3 heteroatoms. The minimum Gasteiger partial charge on any atom is -0.398 e. The topological polar surface area (TPSA) is 26.0 Å². The van der Waals surface area contributed by atoms with E-state index in [2.05, 4.69) is 53.2 Å². The molecule has 0 aromatic heterocycles. The molecule has 1 nitrogen and oxygen atoms in total. The normalized spacial score (nSPS) is 10.6. The average molecular weight is 322 g/mol. The van der Waals surface area contributed by atoms with Crippen LogP contribution >= 0.6 is 27.7 Å². The van der Waals surface area contributed by atoms with Crippen LogP contribution in [0, 0.1) is 0 Å². The maximum atomic E-state index is 5.96. The van der Waals surface area contributed by atoms with Crippen LogP contribution in [0.5, 0.6) is 0 Å². The molecule has 0 aliphatic carbocycles. The van der Waals surface area contributed by atoms with Crippen LogP contribution < -0.4 is 5.73 Å². The van der Waals surface area contributed by atoms with Crippen molar-refractivity contribution in [3.63, 3.8) is 0 Å². The molecule has 0 saturated carbocycles. The summed E-state index contributed by atoms with van der Waals surface area (Å²) >= 11 is 5.25. The molecule has 0 fully saturated rings. The highest BCUT2D eigenvalue weighted by molar-refractivity contribution is 9.10. The molecule has 0 radical (unpaired) electrons. The fraction of sp³-hybridized carbons (Fsp3) is 0.200. The fourth-order valence-corrected chi connectivity index (χ4v) is 3.14. The highest BCUT2D eigenvalue weighted by atomic mass is 79.9. The highest BCUT2D eigenvalue weighted by Crippen LogP contribution is 2.30. The molecule has 0 unspecified atom stereocenters. The Morgan fingerprint density at radius 2 is 1.72 bits per heavy atom. The monoisotopic (exact) mass is 321 g/mol. The number of nitrogens with two attached hydrogens (primary N) is 1. The number of hydrogen-bond donors (Lipinski definition) is 1. The summed E-state index contributed by atoms with van der Waals surface area (Å²) in [6.07, 6.45) is 1.09. The van der Waals surface area contributed by atoms with Crippen molar-refractivity contribution in [3.05, 3.63) is 58.1 Å². The standard InChI is InChI=1S/C15H16BrNS/c1-2-11-3-5-12(6-4-11)10-18-15-9-13(16)7-8-14(15)17/h3-9H,2,10,17H2,1H3. The molecular weight excluding hydrogens is 306 g/mol. The van der Waals surface area contributed by atoms with Gasteiger partial charge in [-0.15, -0.1) is 11.8 Å². The summed E-state index contributed by atoms with van der Waals surface area (Å²) in [6, 6.07) is 14.8. The van der Waals surface area contributed by atoms with Crippen molar-refractivity contribution < 1.29 is 0 Å². The minimum absolute atomic E-state index is 0.841. The summed E-state index contributed by atoms with van der Waals surface area (Å²) in [7, 11) is 0. The molecule has 0 amide bonds. The van der Waals surface area contributed by atoms with Gasteiger partial charge < -0.3 is 5.73 Å². The third-order valence-corrected chi connectivity index (χ3v) is 4.44. The molecule has 94 valence electrons. The number of nitrogen functional groups attached to an aromatic ring is 1. The lowest BCUT2D eigenvalue weighted by Crippen LogP contribution is -1.89. The molecule has 0 saturated heterocycles. The lowest BCUT2D eigenvalue weighted by molar-refractivity contribution is 1.13. The Bertz CT molecular complexity index is 523. The summed E-state index contributed by atoms with van der Waals surface area (Å²) in [4.78, 5) is 1.13. The quantitative estimate of drug-likeness (QED) is 0.641. The van der Waals surface area contributed by atoms with E-state index in [1.54, 1.807) is 11.8 Å². The molecule has 0 atom stereocenters. The summed E-state index contributed by atoms with van der Waals surface area (Å²) in [5.74, 6) is 0.949. The average Bonchev–Trinajstić information content (AvgIpc) is 2.40. The number of hydrogen-bond acceptors (Lipinski definition) is 2. The van der Waals surface area contributed by atoms with Gasteiger partial charge in [0.25, 0.3) is 0 Å². The zero-order chi connectivity index (χ0) is 13.0. The largest absolute Gasteiger partial charge is 0.398 e. The second kappa shape index (κ2) is 6.30. The Balaban J connectivity index is 2.04. The van der Waals surface area contributed by atoms with E-state index in [9.17, 15) is 0 Å². The van der Waals surface area contributed by atoms with Crippen molar-refractivity contribution >= 4 is 33.4 Å². The van der Waals surface area contributed by atoms with Gasteiger partial charge >= 0.3 is 0 Å². The van der Waals surface area contributed by atoms with Crippen LogP contribution in [-0.4, -0.2) is 0 Å². The van der Waals surface area contributed by atoms with E-state index in [4.69, 9.17) is 5.73 Å². The summed E-state index contributed by atoms with van der Waals surface area (Å²) in [6.45, 7) is 2.17. The van der Waals surface area contributed by atoms with Crippen molar-refractivity contribution in [1.82, 2.24) is 0 Å². The molecule has 18 heavy (non-hydrogen) atoms. The lowest BCUT2D eigenvalue weighted by atomic mass is 10.1. The molecule has 2 rings (SSSR count). The molecule has 0 aliphatic heterocycles. The number of aryl methyl sites for hydroxylation is 1. The van der Waals surface area contributed by atoms with Gasteiger partial charge in [-0.2, -0.15) is 0 Å². The molecule has 0 spiro atoms. The van der Waals surface area contributed by atoms with Crippen LogP contribution in [0.25, 0.3) is 0 Å². The zero-order valence-corrected chi connectivity index (χ0v) is 12.7. The van der Waals surface area contributed by atoms with Crippen molar-refractivity contribution in [2.45, 2.75) is 24.0 Å². The Morgan fingerprint density at radius 3 is 2.39 bits per heavy atom. The first kappa shape index (κ1) is 13.5. The molecule has 2 aromatic carbocycles. The van der Waals surface area contributed by atoms with Crippen molar-refractivity contribution in [2.24, 2.45) is 0 Å². The number of halogens is 1. The van der Waals surface area contributed by atoms with Crippen molar-refractivity contribution in [1.29, 1.82) is 0 Å². The van der Waals surface area contributed by atoms with Crippen LogP contribution in [-0.2, 0) is 12.2 Å². The number of rotatable bonds is 4. The second-order valence-electron chi connectivity index (χ2n) is 4.14. The van der Waals surface area contributed by atoms with Gasteiger partial charge in [-0.25, -0.2) is 0 Å². The third-order valence-electron chi connectivity index (χ3n) is 2.80. The number of benzene rings is 2. The van der Waals surface area contributed by atoms with E-state index in [1.165, 1.54) is 11.1 Å².